The minimum absolute atomic E-state index is 0.0692. The van der Waals surface area contributed by atoms with Crippen molar-refractivity contribution >= 4 is 11.7 Å². The largest absolute Gasteiger partial charge is 0.336 e. The van der Waals surface area contributed by atoms with Gasteiger partial charge in [0.1, 0.15) is 5.82 Å². The number of rotatable bonds is 5. The molecule has 0 unspecified atom stereocenters. The summed E-state index contributed by atoms with van der Waals surface area (Å²) in [7, 11) is 0. The Kier molecular flexibility index (Phi) is 5.52. The third-order valence-corrected chi connectivity index (χ3v) is 3.83. The van der Waals surface area contributed by atoms with Crippen molar-refractivity contribution in [1.82, 2.24) is 14.8 Å². The van der Waals surface area contributed by atoms with Crippen molar-refractivity contribution in [3.8, 4) is 0 Å². The lowest BCUT2D eigenvalue weighted by Crippen LogP contribution is -2.48. The summed E-state index contributed by atoms with van der Waals surface area (Å²) in [5.41, 5.74) is 4.07. The number of piperazine rings is 1. The van der Waals surface area contributed by atoms with E-state index >= 15 is 0 Å². The fourth-order valence-electron chi connectivity index (χ4n) is 2.64. The first-order chi connectivity index (χ1) is 10.2. The van der Waals surface area contributed by atoms with E-state index in [0.29, 0.717) is 11.4 Å². The zero-order valence-electron chi connectivity index (χ0n) is 12.9. The molecule has 0 bridgehead atoms. The highest BCUT2D eigenvalue weighted by atomic mass is 16.2. The number of nitrogens with two attached hydrogens (primary N) is 1. The molecule has 2 rings (SSSR count). The molecule has 0 spiro atoms. The number of aromatic nitrogens is 1. The van der Waals surface area contributed by atoms with Crippen molar-refractivity contribution in [3.63, 3.8) is 0 Å². The molecule has 2 heterocycles. The lowest BCUT2D eigenvalue weighted by Gasteiger charge is -2.34. The monoisotopic (exact) mass is 291 g/mol. The standard InChI is InChI=1S/C15H25N5O/c1-3-5-19-6-8-20(9-7-19)15(21)12-10-13(4-2)17-14(11-12)18-16/h10-11H,3-9,16H2,1-2H3,(H,17,18). The van der Waals surface area contributed by atoms with Crippen molar-refractivity contribution in [3.05, 3.63) is 23.4 Å². The Bertz CT molecular complexity index is 461. The second kappa shape index (κ2) is 7.38. The fourth-order valence-corrected chi connectivity index (χ4v) is 2.64. The molecule has 1 aromatic heterocycles. The number of anilines is 1. The topological polar surface area (TPSA) is 74.5 Å². The smallest absolute Gasteiger partial charge is 0.254 e. The molecular formula is C15H25N5O. The van der Waals surface area contributed by atoms with E-state index < -0.39 is 0 Å². The molecule has 1 aliphatic rings. The van der Waals surface area contributed by atoms with Gasteiger partial charge in [-0.05, 0) is 31.5 Å². The Labute approximate surface area is 126 Å². The third kappa shape index (κ3) is 3.92. The highest BCUT2D eigenvalue weighted by molar-refractivity contribution is 5.95. The maximum Gasteiger partial charge on any atom is 0.254 e. The average molecular weight is 291 g/mol. The molecular weight excluding hydrogens is 266 g/mol. The van der Waals surface area contributed by atoms with Crippen LogP contribution in [0.1, 0.15) is 36.3 Å². The first-order valence-corrected chi connectivity index (χ1v) is 7.67. The summed E-state index contributed by atoms with van der Waals surface area (Å²) in [6.45, 7) is 8.78. The number of carbonyl (C=O) groups excluding carboxylic acids is 1. The minimum atomic E-state index is 0.0692. The summed E-state index contributed by atoms with van der Waals surface area (Å²) in [5, 5.41) is 0. The van der Waals surface area contributed by atoms with Gasteiger partial charge in [-0.2, -0.15) is 0 Å². The van der Waals surface area contributed by atoms with Crippen LogP contribution in [-0.2, 0) is 6.42 Å². The van der Waals surface area contributed by atoms with Gasteiger partial charge in [-0.15, -0.1) is 0 Å². The summed E-state index contributed by atoms with van der Waals surface area (Å²) >= 11 is 0. The Hall–Kier alpha value is -1.66. The molecule has 0 radical (unpaired) electrons. The van der Waals surface area contributed by atoms with Crippen LogP contribution in [0.15, 0.2) is 12.1 Å². The van der Waals surface area contributed by atoms with E-state index in [1.54, 1.807) is 6.07 Å². The first kappa shape index (κ1) is 15.7. The second-order valence-corrected chi connectivity index (χ2v) is 5.36. The van der Waals surface area contributed by atoms with Gasteiger partial charge >= 0.3 is 0 Å². The van der Waals surface area contributed by atoms with E-state index in [1.807, 2.05) is 17.9 Å². The predicted molar refractivity (Wildman–Crippen MR) is 84.1 cm³/mol. The number of hydrazine groups is 1. The van der Waals surface area contributed by atoms with Crippen LogP contribution < -0.4 is 11.3 Å². The zero-order chi connectivity index (χ0) is 15.2. The number of hydrogen-bond acceptors (Lipinski definition) is 5. The van der Waals surface area contributed by atoms with Gasteiger partial charge in [-0.1, -0.05) is 13.8 Å². The van der Waals surface area contributed by atoms with Crippen LogP contribution in [0.25, 0.3) is 0 Å². The van der Waals surface area contributed by atoms with Gasteiger partial charge in [-0.3, -0.25) is 9.69 Å². The second-order valence-electron chi connectivity index (χ2n) is 5.36. The Morgan fingerprint density at radius 2 is 2.00 bits per heavy atom. The van der Waals surface area contributed by atoms with E-state index in [1.165, 1.54) is 0 Å². The molecule has 116 valence electrons. The zero-order valence-corrected chi connectivity index (χ0v) is 12.9. The summed E-state index contributed by atoms with van der Waals surface area (Å²) < 4.78 is 0. The van der Waals surface area contributed by atoms with Gasteiger partial charge in [0.15, 0.2) is 0 Å². The van der Waals surface area contributed by atoms with Gasteiger partial charge in [0.2, 0.25) is 0 Å². The minimum Gasteiger partial charge on any atom is -0.336 e. The Morgan fingerprint density at radius 1 is 1.29 bits per heavy atom. The van der Waals surface area contributed by atoms with Gasteiger partial charge in [0.05, 0.1) is 0 Å². The maximum atomic E-state index is 12.6. The number of pyridine rings is 1. The van der Waals surface area contributed by atoms with Crippen molar-refractivity contribution < 1.29 is 4.79 Å². The lowest BCUT2D eigenvalue weighted by molar-refractivity contribution is 0.0637. The van der Waals surface area contributed by atoms with E-state index in [0.717, 1.165) is 51.3 Å². The SMILES string of the molecule is CCCN1CCN(C(=O)c2cc(CC)nc(NN)c2)CC1. The quantitative estimate of drug-likeness (QED) is 0.627. The van der Waals surface area contributed by atoms with E-state index in [-0.39, 0.29) is 5.91 Å². The molecule has 0 aromatic carbocycles. The fraction of sp³-hybridized carbons (Fsp3) is 0.600. The number of nitrogens with zero attached hydrogens (tertiary/aromatic N) is 3. The maximum absolute atomic E-state index is 12.6. The van der Waals surface area contributed by atoms with Gasteiger partial charge in [0.25, 0.3) is 5.91 Å². The van der Waals surface area contributed by atoms with Crippen LogP contribution in [-0.4, -0.2) is 53.4 Å². The molecule has 6 nitrogen and oxygen atoms in total. The molecule has 0 aliphatic carbocycles. The first-order valence-electron chi connectivity index (χ1n) is 7.67. The van der Waals surface area contributed by atoms with E-state index in [9.17, 15) is 4.79 Å². The lowest BCUT2D eigenvalue weighted by atomic mass is 10.1. The summed E-state index contributed by atoms with van der Waals surface area (Å²) in [6.07, 6.45) is 1.93. The molecule has 6 heteroatoms. The molecule has 1 fully saturated rings. The highest BCUT2D eigenvalue weighted by Gasteiger charge is 2.22. The Balaban J connectivity index is 2.06. The number of amides is 1. The van der Waals surface area contributed by atoms with Crippen LogP contribution in [0.4, 0.5) is 5.82 Å². The van der Waals surface area contributed by atoms with Crippen molar-refractivity contribution in [2.75, 3.05) is 38.1 Å². The van der Waals surface area contributed by atoms with Crippen LogP contribution in [0.5, 0.6) is 0 Å². The van der Waals surface area contributed by atoms with Gasteiger partial charge in [0, 0.05) is 37.4 Å². The molecule has 1 saturated heterocycles. The van der Waals surface area contributed by atoms with Crippen LogP contribution in [0.3, 0.4) is 0 Å². The van der Waals surface area contributed by atoms with E-state index in [4.69, 9.17) is 5.84 Å². The summed E-state index contributed by atoms with van der Waals surface area (Å²) in [6, 6.07) is 3.58. The molecule has 1 aromatic rings. The van der Waals surface area contributed by atoms with E-state index in [2.05, 4.69) is 22.2 Å². The van der Waals surface area contributed by atoms with Crippen LogP contribution >= 0.6 is 0 Å². The molecule has 21 heavy (non-hydrogen) atoms. The summed E-state index contributed by atoms with van der Waals surface area (Å²) in [5.74, 6) is 6.04. The number of carbonyl (C=O) groups is 1. The third-order valence-electron chi connectivity index (χ3n) is 3.83. The highest BCUT2D eigenvalue weighted by Crippen LogP contribution is 2.14. The average Bonchev–Trinajstić information content (AvgIpc) is 2.54. The normalized spacial score (nSPS) is 16.0. The number of nitrogen functional groups attached to an aromatic ring is 1. The van der Waals surface area contributed by atoms with Gasteiger partial charge < -0.3 is 10.3 Å². The molecule has 1 aliphatic heterocycles. The molecule has 1 amide bonds. The predicted octanol–water partition coefficient (Wildman–Crippen LogP) is 1.10. The molecule has 0 saturated carbocycles. The van der Waals surface area contributed by atoms with Crippen molar-refractivity contribution in [2.45, 2.75) is 26.7 Å². The van der Waals surface area contributed by atoms with Crippen LogP contribution in [0.2, 0.25) is 0 Å². The van der Waals surface area contributed by atoms with Crippen LogP contribution in [0, 0.1) is 0 Å². The number of hydrogen-bond donors (Lipinski definition) is 2. The summed E-state index contributed by atoms with van der Waals surface area (Å²) in [4.78, 5) is 21.3. The Morgan fingerprint density at radius 3 is 2.57 bits per heavy atom. The van der Waals surface area contributed by atoms with Crippen molar-refractivity contribution in [1.29, 1.82) is 0 Å². The number of aryl methyl sites for hydroxylation is 1. The van der Waals surface area contributed by atoms with Gasteiger partial charge in [-0.25, -0.2) is 10.8 Å². The van der Waals surface area contributed by atoms with Crippen molar-refractivity contribution in [2.24, 2.45) is 5.84 Å². The molecule has 3 N–H and O–H groups in total. The number of nitrogens with one attached hydrogen (secondary N) is 1. The molecule has 0 atom stereocenters.